The van der Waals surface area contributed by atoms with Crippen molar-refractivity contribution in [2.45, 2.75) is 20.4 Å². The average molecular weight is 360 g/mol. The molecule has 0 atom stereocenters. The van der Waals surface area contributed by atoms with Crippen molar-refractivity contribution < 1.29 is 9.59 Å². The van der Waals surface area contributed by atoms with Gasteiger partial charge >= 0.3 is 0 Å². The molecule has 3 aromatic rings. The van der Waals surface area contributed by atoms with Crippen molar-refractivity contribution in [2.75, 3.05) is 5.32 Å². The Hall–Kier alpha value is -3.54. The average Bonchev–Trinajstić information content (AvgIpc) is 2.67. The van der Waals surface area contributed by atoms with Gasteiger partial charge in [0.2, 0.25) is 0 Å². The van der Waals surface area contributed by atoms with Crippen LogP contribution in [0.5, 0.6) is 0 Å². The molecule has 27 heavy (non-hydrogen) atoms. The molecule has 1 heterocycles. The lowest BCUT2D eigenvalue weighted by atomic mass is 10.1. The number of aryl methyl sites for hydroxylation is 1. The van der Waals surface area contributed by atoms with Crippen LogP contribution in [0.2, 0.25) is 0 Å². The molecule has 0 aliphatic carbocycles. The molecule has 1 aromatic heterocycles. The van der Waals surface area contributed by atoms with E-state index in [9.17, 15) is 9.59 Å². The fourth-order valence-electron chi connectivity index (χ4n) is 2.58. The number of hydrogen-bond acceptors (Lipinski definition) is 5. The van der Waals surface area contributed by atoms with E-state index >= 15 is 0 Å². The molecule has 0 saturated carbocycles. The summed E-state index contributed by atoms with van der Waals surface area (Å²) in [6.07, 6.45) is 1.34. The maximum atomic E-state index is 12.4. The van der Waals surface area contributed by atoms with E-state index in [1.54, 1.807) is 30.3 Å². The second kappa shape index (κ2) is 8.23. The molecule has 6 nitrogen and oxygen atoms in total. The van der Waals surface area contributed by atoms with Gasteiger partial charge in [-0.05, 0) is 43.7 Å². The predicted molar refractivity (Wildman–Crippen MR) is 104 cm³/mol. The zero-order valence-electron chi connectivity index (χ0n) is 15.2. The number of anilines is 2. The first-order chi connectivity index (χ1) is 13.0. The van der Waals surface area contributed by atoms with Crippen LogP contribution < -0.4 is 10.6 Å². The van der Waals surface area contributed by atoms with E-state index in [-0.39, 0.29) is 17.4 Å². The maximum absolute atomic E-state index is 12.4. The largest absolute Gasteiger partial charge is 0.347 e. The monoisotopic (exact) mass is 360 g/mol. The minimum Gasteiger partial charge on any atom is -0.347 e. The first kappa shape index (κ1) is 18.3. The van der Waals surface area contributed by atoms with E-state index in [2.05, 4.69) is 20.6 Å². The van der Waals surface area contributed by atoms with Crippen molar-refractivity contribution in [3.05, 3.63) is 83.3 Å². The van der Waals surface area contributed by atoms with E-state index in [0.717, 1.165) is 16.8 Å². The Morgan fingerprint density at radius 3 is 2.48 bits per heavy atom. The van der Waals surface area contributed by atoms with E-state index in [1.165, 1.54) is 13.3 Å². The Balaban J connectivity index is 1.65. The highest BCUT2D eigenvalue weighted by Crippen LogP contribution is 2.16. The van der Waals surface area contributed by atoms with Gasteiger partial charge in [-0.1, -0.05) is 29.8 Å². The maximum Gasteiger partial charge on any atom is 0.270 e. The van der Waals surface area contributed by atoms with Crippen LogP contribution in [-0.4, -0.2) is 21.7 Å². The highest BCUT2D eigenvalue weighted by atomic mass is 16.1. The van der Waals surface area contributed by atoms with Crippen molar-refractivity contribution in [2.24, 2.45) is 0 Å². The molecule has 136 valence electrons. The van der Waals surface area contributed by atoms with Gasteiger partial charge in [0.05, 0.1) is 0 Å². The third-order valence-corrected chi connectivity index (χ3v) is 4.00. The SMILES string of the molecule is CC(=O)c1ccc(Nc2cc(C(=O)NCc3cccc(C)c3)ncn2)cc1. The summed E-state index contributed by atoms with van der Waals surface area (Å²) in [5, 5.41) is 5.96. The molecule has 0 spiro atoms. The van der Waals surface area contributed by atoms with Crippen LogP contribution in [0, 0.1) is 6.92 Å². The summed E-state index contributed by atoms with van der Waals surface area (Å²) in [5.74, 6) is 0.242. The third-order valence-electron chi connectivity index (χ3n) is 4.00. The van der Waals surface area contributed by atoms with Gasteiger partial charge in [0.1, 0.15) is 17.8 Å². The predicted octanol–water partition coefficient (Wildman–Crippen LogP) is 3.66. The molecule has 0 radical (unpaired) electrons. The number of ketones is 1. The summed E-state index contributed by atoms with van der Waals surface area (Å²) >= 11 is 0. The number of rotatable bonds is 6. The molecule has 0 unspecified atom stereocenters. The summed E-state index contributed by atoms with van der Waals surface area (Å²) in [6.45, 7) is 3.96. The first-order valence-electron chi connectivity index (χ1n) is 8.55. The van der Waals surface area contributed by atoms with Crippen molar-refractivity contribution in [1.82, 2.24) is 15.3 Å². The number of benzene rings is 2. The third kappa shape index (κ3) is 4.98. The summed E-state index contributed by atoms with van der Waals surface area (Å²) < 4.78 is 0. The number of carbonyl (C=O) groups excluding carboxylic acids is 2. The van der Waals surface area contributed by atoms with Crippen LogP contribution in [0.3, 0.4) is 0 Å². The number of Topliss-reactive ketones (excluding diaryl/α,β-unsaturated/α-hetero) is 1. The number of amides is 1. The topological polar surface area (TPSA) is 84.0 Å². The van der Waals surface area contributed by atoms with Crippen LogP contribution in [0.4, 0.5) is 11.5 Å². The van der Waals surface area contributed by atoms with Gasteiger partial charge in [-0.15, -0.1) is 0 Å². The Morgan fingerprint density at radius 2 is 1.78 bits per heavy atom. The van der Waals surface area contributed by atoms with E-state index in [1.807, 2.05) is 31.2 Å². The van der Waals surface area contributed by atoms with Crippen LogP contribution in [0.15, 0.2) is 60.9 Å². The Bertz CT molecular complexity index is 968. The molecule has 3 rings (SSSR count). The van der Waals surface area contributed by atoms with Crippen LogP contribution >= 0.6 is 0 Å². The van der Waals surface area contributed by atoms with Crippen molar-refractivity contribution in [3.8, 4) is 0 Å². The molecule has 0 bridgehead atoms. The summed E-state index contributed by atoms with van der Waals surface area (Å²) in [6, 6.07) is 16.6. The Kier molecular flexibility index (Phi) is 5.56. The smallest absolute Gasteiger partial charge is 0.270 e. The van der Waals surface area contributed by atoms with E-state index in [0.29, 0.717) is 17.9 Å². The lowest BCUT2D eigenvalue weighted by molar-refractivity contribution is 0.0945. The fourth-order valence-corrected chi connectivity index (χ4v) is 2.58. The minimum absolute atomic E-state index is 0.0103. The van der Waals surface area contributed by atoms with E-state index < -0.39 is 0 Å². The molecule has 1 amide bonds. The van der Waals surface area contributed by atoms with Crippen molar-refractivity contribution in [1.29, 1.82) is 0 Å². The van der Waals surface area contributed by atoms with Crippen molar-refractivity contribution >= 4 is 23.2 Å². The highest BCUT2D eigenvalue weighted by Gasteiger charge is 2.09. The molecule has 2 N–H and O–H groups in total. The van der Waals surface area contributed by atoms with Crippen LogP contribution in [-0.2, 0) is 6.54 Å². The molecule has 2 aromatic carbocycles. The zero-order chi connectivity index (χ0) is 19.2. The summed E-state index contributed by atoms with van der Waals surface area (Å²) in [4.78, 5) is 31.9. The second-order valence-electron chi connectivity index (χ2n) is 6.22. The van der Waals surface area contributed by atoms with Crippen LogP contribution in [0.25, 0.3) is 0 Å². The first-order valence-corrected chi connectivity index (χ1v) is 8.55. The quantitative estimate of drug-likeness (QED) is 0.656. The van der Waals surface area contributed by atoms with Gasteiger partial charge in [-0.3, -0.25) is 9.59 Å². The van der Waals surface area contributed by atoms with Gasteiger partial charge in [-0.25, -0.2) is 9.97 Å². The number of nitrogens with zero attached hydrogens (tertiary/aromatic N) is 2. The molecule has 6 heteroatoms. The number of aromatic nitrogens is 2. The zero-order valence-corrected chi connectivity index (χ0v) is 15.2. The van der Waals surface area contributed by atoms with E-state index in [4.69, 9.17) is 0 Å². The summed E-state index contributed by atoms with van der Waals surface area (Å²) in [5.41, 5.74) is 3.86. The van der Waals surface area contributed by atoms with Crippen molar-refractivity contribution in [3.63, 3.8) is 0 Å². The lowest BCUT2D eigenvalue weighted by Gasteiger charge is -2.08. The summed E-state index contributed by atoms with van der Waals surface area (Å²) in [7, 11) is 0. The standard InChI is InChI=1S/C21H20N4O2/c1-14-4-3-5-16(10-14)12-22-21(27)19-11-20(24-13-23-19)25-18-8-6-17(7-9-18)15(2)26/h3-11,13H,12H2,1-2H3,(H,22,27)(H,23,24,25). The molecule has 0 fully saturated rings. The highest BCUT2D eigenvalue weighted by molar-refractivity contribution is 5.94. The minimum atomic E-state index is -0.270. The molecule has 0 aliphatic heterocycles. The van der Waals surface area contributed by atoms with Gasteiger partial charge < -0.3 is 10.6 Å². The normalized spacial score (nSPS) is 10.3. The molecular formula is C21H20N4O2. The molecular weight excluding hydrogens is 340 g/mol. The lowest BCUT2D eigenvalue weighted by Crippen LogP contribution is -2.24. The van der Waals surface area contributed by atoms with Gasteiger partial charge in [0, 0.05) is 23.9 Å². The fraction of sp³-hybridized carbons (Fsp3) is 0.143. The van der Waals surface area contributed by atoms with Gasteiger partial charge in [0.25, 0.3) is 5.91 Å². The Morgan fingerprint density at radius 1 is 1.00 bits per heavy atom. The van der Waals surface area contributed by atoms with Gasteiger partial charge in [-0.2, -0.15) is 0 Å². The number of hydrogen-bond donors (Lipinski definition) is 2. The van der Waals surface area contributed by atoms with Crippen LogP contribution in [0.1, 0.15) is 38.9 Å². The number of nitrogens with one attached hydrogen (secondary N) is 2. The van der Waals surface area contributed by atoms with Gasteiger partial charge in [0.15, 0.2) is 5.78 Å². The number of carbonyl (C=O) groups is 2. The Labute approximate surface area is 157 Å². The second-order valence-corrected chi connectivity index (χ2v) is 6.22. The molecule has 0 aliphatic rings. The molecule has 0 saturated heterocycles.